The van der Waals surface area contributed by atoms with Gasteiger partial charge in [-0.3, -0.25) is 14.6 Å². The summed E-state index contributed by atoms with van der Waals surface area (Å²) < 4.78 is 1.84. The van der Waals surface area contributed by atoms with E-state index in [0.29, 0.717) is 11.4 Å². The number of carbonyl (C=O) groups excluding carboxylic acids is 1. The van der Waals surface area contributed by atoms with Crippen LogP contribution in [0.5, 0.6) is 0 Å². The fourth-order valence-electron chi connectivity index (χ4n) is 2.28. The maximum absolute atomic E-state index is 12.2. The Labute approximate surface area is 132 Å². The van der Waals surface area contributed by atoms with Crippen LogP contribution in [0.3, 0.4) is 0 Å². The van der Waals surface area contributed by atoms with Crippen LogP contribution in [0, 0.1) is 0 Å². The summed E-state index contributed by atoms with van der Waals surface area (Å²) in [5, 5.41) is 9.06. The van der Waals surface area contributed by atoms with Gasteiger partial charge >= 0.3 is 0 Å². The van der Waals surface area contributed by atoms with Gasteiger partial charge in [0, 0.05) is 38.6 Å². The number of fused-ring (bicyclic) bond motifs is 1. The van der Waals surface area contributed by atoms with Crippen LogP contribution in [-0.4, -0.2) is 58.1 Å². The summed E-state index contributed by atoms with van der Waals surface area (Å²) >= 11 is 1.57. The molecule has 1 aliphatic heterocycles. The Morgan fingerprint density at radius 3 is 3.09 bits per heavy atom. The lowest BCUT2D eigenvalue weighted by atomic mass is 10.4. The van der Waals surface area contributed by atoms with Gasteiger partial charge in [-0.05, 0) is 7.05 Å². The topological polar surface area (TPSA) is 90.9 Å². The van der Waals surface area contributed by atoms with Crippen LogP contribution in [0.2, 0.25) is 0 Å². The smallest absolute Gasteiger partial charge is 0.259 e. The van der Waals surface area contributed by atoms with Crippen molar-refractivity contribution in [1.29, 1.82) is 0 Å². The van der Waals surface area contributed by atoms with Crippen LogP contribution in [-0.2, 0) is 11.8 Å². The summed E-state index contributed by atoms with van der Waals surface area (Å²) in [7, 11) is 3.76. The van der Waals surface area contributed by atoms with E-state index in [1.807, 2.05) is 29.9 Å². The van der Waals surface area contributed by atoms with Gasteiger partial charge in [0.15, 0.2) is 11.5 Å². The second-order valence-electron chi connectivity index (χ2n) is 4.96. The predicted molar refractivity (Wildman–Crippen MR) is 87.7 cm³/mol. The number of thioether (sulfide) groups is 1. The van der Waals surface area contributed by atoms with E-state index in [9.17, 15) is 4.79 Å². The Balaban J connectivity index is 1.78. The molecule has 0 aromatic carbocycles. The molecule has 0 saturated heterocycles. The molecule has 0 atom stereocenters. The minimum absolute atomic E-state index is 0.0390. The number of amides is 1. The lowest BCUT2D eigenvalue weighted by Gasteiger charge is -2.26. The van der Waals surface area contributed by atoms with Crippen molar-refractivity contribution < 1.29 is 4.79 Å². The van der Waals surface area contributed by atoms with Crippen molar-refractivity contribution >= 4 is 34.7 Å². The highest BCUT2D eigenvalue weighted by Gasteiger charge is 2.21. The molecule has 1 aliphatic rings. The van der Waals surface area contributed by atoms with Gasteiger partial charge in [0.25, 0.3) is 5.91 Å². The highest BCUT2D eigenvalue weighted by molar-refractivity contribution is 8.04. The highest BCUT2D eigenvalue weighted by atomic mass is 32.2. The zero-order chi connectivity index (χ0) is 15.5. The van der Waals surface area contributed by atoms with Gasteiger partial charge in [-0.1, -0.05) is 0 Å². The molecule has 1 amide bonds. The van der Waals surface area contributed by atoms with E-state index < -0.39 is 0 Å². The van der Waals surface area contributed by atoms with E-state index in [-0.39, 0.29) is 5.91 Å². The minimum Gasteiger partial charge on any atom is -0.350 e. The fourth-order valence-corrected chi connectivity index (χ4v) is 3.20. The summed E-state index contributed by atoms with van der Waals surface area (Å²) in [6.45, 7) is 2.18. The third kappa shape index (κ3) is 2.81. The first-order valence-electron chi connectivity index (χ1n) is 7.10. The molecule has 0 spiro atoms. The third-order valence-electron chi connectivity index (χ3n) is 3.42. The van der Waals surface area contributed by atoms with E-state index in [2.05, 4.69) is 25.7 Å². The standard InChI is InChI=1S/C13H19N7OS/c1-14-3-4-15-13(21)9-7-20(5-6-22-9)12-10-11(16-8-17-12)19(2)18-10/h7-8,14,18H,3-6H2,1-2H3,(H,15,21). The summed E-state index contributed by atoms with van der Waals surface area (Å²) in [5.41, 5.74) is 1.78. The van der Waals surface area contributed by atoms with Gasteiger partial charge in [0.05, 0.1) is 4.91 Å². The van der Waals surface area contributed by atoms with Crippen LogP contribution >= 0.6 is 11.8 Å². The molecule has 3 rings (SSSR count). The Morgan fingerprint density at radius 2 is 2.32 bits per heavy atom. The molecule has 0 saturated carbocycles. The van der Waals surface area contributed by atoms with Crippen molar-refractivity contribution in [3.63, 3.8) is 0 Å². The van der Waals surface area contributed by atoms with Crippen molar-refractivity contribution in [2.45, 2.75) is 0 Å². The number of likely N-dealkylation sites (N-methyl/N-ethyl adjacent to an activating group) is 1. The van der Waals surface area contributed by atoms with E-state index in [1.54, 1.807) is 18.1 Å². The molecule has 2 aromatic heterocycles. The first kappa shape index (κ1) is 14.9. The second-order valence-corrected chi connectivity index (χ2v) is 6.10. The number of aryl methyl sites for hydroxylation is 1. The molecular weight excluding hydrogens is 302 g/mol. The zero-order valence-electron chi connectivity index (χ0n) is 12.6. The average molecular weight is 321 g/mol. The van der Waals surface area contributed by atoms with Gasteiger partial charge in [0.1, 0.15) is 11.8 Å². The van der Waals surface area contributed by atoms with Crippen LogP contribution in [0.4, 0.5) is 5.82 Å². The highest BCUT2D eigenvalue weighted by Crippen LogP contribution is 2.28. The van der Waals surface area contributed by atoms with Crippen LogP contribution in [0.1, 0.15) is 0 Å². The monoisotopic (exact) mass is 321 g/mol. The number of hydrogen-bond acceptors (Lipinski definition) is 6. The number of nitrogens with one attached hydrogen (secondary N) is 3. The molecular formula is C13H19N7OS. The van der Waals surface area contributed by atoms with Crippen molar-refractivity contribution in [2.24, 2.45) is 7.05 Å². The number of aromatic nitrogens is 4. The number of hydrogen-bond donors (Lipinski definition) is 3. The number of H-pyrrole nitrogens is 1. The Morgan fingerprint density at radius 1 is 1.45 bits per heavy atom. The molecule has 8 nitrogen and oxygen atoms in total. The maximum Gasteiger partial charge on any atom is 0.259 e. The van der Waals surface area contributed by atoms with Gasteiger partial charge < -0.3 is 15.5 Å². The van der Waals surface area contributed by atoms with Gasteiger partial charge in [-0.2, -0.15) is 0 Å². The summed E-state index contributed by atoms with van der Waals surface area (Å²) in [6, 6.07) is 0. The lowest BCUT2D eigenvalue weighted by Crippen LogP contribution is -2.34. The third-order valence-corrected chi connectivity index (χ3v) is 4.41. The van der Waals surface area contributed by atoms with Gasteiger partial charge in [0.2, 0.25) is 0 Å². The molecule has 9 heteroatoms. The molecule has 0 radical (unpaired) electrons. The van der Waals surface area contributed by atoms with Crippen molar-refractivity contribution in [3.8, 4) is 0 Å². The van der Waals surface area contributed by atoms with E-state index >= 15 is 0 Å². The first-order chi connectivity index (χ1) is 10.7. The SMILES string of the molecule is CNCCNC(=O)C1=CN(c2ncnc3c2[nH]n3C)CCS1. The lowest BCUT2D eigenvalue weighted by molar-refractivity contribution is -0.116. The first-order valence-corrected chi connectivity index (χ1v) is 8.08. The minimum atomic E-state index is -0.0390. The van der Waals surface area contributed by atoms with E-state index in [4.69, 9.17) is 0 Å². The normalized spacial score (nSPS) is 15.2. The number of carbonyl (C=O) groups is 1. The molecule has 0 fully saturated rings. The van der Waals surface area contributed by atoms with Crippen LogP contribution in [0.15, 0.2) is 17.4 Å². The Bertz CT molecular complexity index is 704. The number of nitrogens with zero attached hydrogens (tertiary/aromatic N) is 4. The van der Waals surface area contributed by atoms with Crippen molar-refractivity contribution in [1.82, 2.24) is 30.4 Å². The molecule has 3 N–H and O–H groups in total. The molecule has 3 heterocycles. The Kier molecular flexibility index (Phi) is 4.34. The van der Waals surface area contributed by atoms with Gasteiger partial charge in [-0.25, -0.2) is 9.97 Å². The molecule has 22 heavy (non-hydrogen) atoms. The molecule has 0 bridgehead atoms. The summed E-state index contributed by atoms with van der Waals surface area (Å²) in [4.78, 5) is 23.4. The Hall–Kier alpha value is -2.00. The fraction of sp³-hybridized carbons (Fsp3) is 0.462. The van der Waals surface area contributed by atoms with E-state index in [1.165, 1.54) is 0 Å². The van der Waals surface area contributed by atoms with Crippen molar-refractivity contribution in [2.75, 3.05) is 37.3 Å². The van der Waals surface area contributed by atoms with Crippen molar-refractivity contribution in [3.05, 3.63) is 17.4 Å². The number of rotatable bonds is 5. The summed E-state index contributed by atoms with van der Waals surface area (Å²) in [5.74, 6) is 1.62. The second kappa shape index (κ2) is 6.41. The number of anilines is 1. The largest absolute Gasteiger partial charge is 0.350 e. The van der Waals surface area contributed by atoms with Gasteiger partial charge in [-0.15, -0.1) is 11.8 Å². The quantitative estimate of drug-likeness (QED) is 0.673. The predicted octanol–water partition coefficient (Wildman–Crippen LogP) is 0.0266. The molecule has 118 valence electrons. The summed E-state index contributed by atoms with van der Waals surface area (Å²) in [6.07, 6.45) is 3.42. The molecule has 0 aliphatic carbocycles. The van der Waals surface area contributed by atoms with E-state index in [0.717, 1.165) is 35.8 Å². The maximum atomic E-state index is 12.2. The molecule has 2 aromatic rings. The molecule has 0 unspecified atom stereocenters. The number of aromatic amines is 1. The van der Waals surface area contributed by atoms with Crippen LogP contribution in [0.25, 0.3) is 11.2 Å². The average Bonchev–Trinajstić information content (AvgIpc) is 2.54. The van der Waals surface area contributed by atoms with Crippen LogP contribution < -0.4 is 15.5 Å². The zero-order valence-corrected chi connectivity index (χ0v) is 13.4.